The van der Waals surface area contributed by atoms with Gasteiger partial charge in [0.1, 0.15) is 6.79 Å². The largest absolute Gasteiger partial charge is 0.355 e. The number of halogens is 1. The predicted octanol–water partition coefficient (Wildman–Crippen LogP) is 1.67. The summed E-state index contributed by atoms with van der Waals surface area (Å²) in [4.78, 5) is 0.238. The zero-order chi connectivity index (χ0) is 11.1. The molecule has 1 aliphatic carbocycles. The van der Waals surface area contributed by atoms with E-state index in [1.54, 1.807) is 0 Å². The third kappa shape index (κ3) is 1.49. The fourth-order valence-corrected chi connectivity index (χ4v) is 4.23. The van der Waals surface area contributed by atoms with Gasteiger partial charge in [-0.3, -0.25) is 0 Å². The molecule has 0 bridgehead atoms. The Labute approximate surface area is 104 Å². The van der Waals surface area contributed by atoms with Crippen LogP contribution in [0.3, 0.4) is 0 Å². The molecule has 2 spiro atoms. The quantitative estimate of drug-likeness (QED) is 0.637. The minimum absolute atomic E-state index is 0.131. The summed E-state index contributed by atoms with van der Waals surface area (Å²) in [5.74, 6) is -0.536. The van der Waals surface area contributed by atoms with Crippen molar-refractivity contribution in [2.45, 2.75) is 29.9 Å². The Bertz CT molecular complexity index is 253. The van der Waals surface area contributed by atoms with E-state index in [1.165, 1.54) is 0 Å². The van der Waals surface area contributed by atoms with Gasteiger partial charge in [-0.25, -0.2) is 0 Å². The van der Waals surface area contributed by atoms with Crippen LogP contribution < -0.4 is 0 Å². The van der Waals surface area contributed by atoms with Crippen LogP contribution in [0.2, 0.25) is 0 Å². The lowest BCUT2D eigenvalue weighted by molar-refractivity contribution is -0.309. The average molecular weight is 293 g/mol. The molecular weight excluding hydrogens is 276 g/mol. The van der Waals surface area contributed by atoms with Crippen molar-refractivity contribution in [1.29, 1.82) is 0 Å². The van der Waals surface area contributed by atoms with Crippen LogP contribution in [-0.4, -0.2) is 43.8 Å². The van der Waals surface area contributed by atoms with Crippen LogP contribution in [0.5, 0.6) is 0 Å². The van der Waals surface area contributed by atoms with Gasteiger partial charge in [0, 0.05) is 0 Å². The molecule has 0 amide bonds. The van der Waals surface area contributed by atoms with Crippen LogP contribution in [0.15, 0.2) is 0 Å². The van der Waals surface area contributed by atoms with Gasteiger partial charge < -0.3 is 18.9 Å². The maximum atomic E-state index is 5.96. The molecule has 0 aromatic heterocycles. The standard InChI is InChI=1S/C11H17BrO4/c12-9-2-1-3-10(6-13-8-14-7-10)11(9)15-4-5-16-11/h9H,1-8H2. The van der Waals surface area contributed by atoms with Crippen molar-refractivity contribution in [1.82, 2.24) is 0 Å². The molecule has 5 heteroatoms. The third-order valence-electron chi connectivity index (χ3n) is 3.90. The monoisotopic (exact) mass is 292 g/mol. The van der Waals surface area contributed by atoms with Gasteiger partial charge in [0.25, 0.3) is 0 Å². The minimum Gasteiger partial charge on any atom is -0.355 e. The Morgan fingerprint density at radius 1 is 1.06 bits per heavy atom. The van der Waals surface area contributed by atoms with Gasteiger partial charge in [-0.15, -0.1) is 0 Å². The Balaban J connectivity index is 1.93. The lowest BCUT2D eigenvalue weighted by Gasteiger charge is -2.53. The van der Waals surface area contributed by atoms with E-state index >= 15 is 0 Å². The lowest BCUT2D eigenvalue weighted by atomic mass is 9.69. The molecule has 2 saturated heterocycles. The minimum atomic E-state index is -0.536. The number of ether oxygens (including phenoxy) is 4. The van der Waals surface area contributed by atoms with Crippen LogP contribution >= 0.6 is 15.9 Å². The molecule has 1 saturated carbocycles. The highest BCUT2D eigenvalue weighted by molar-refractivity contribution is 9.09. The molecule has 3 aliphatic rings. The zero-order valence-electron chi connectivity index (χ0n) is 9.25. The van der Waals surface area contributed by atoms with Crippen molar-refractivity contribution in [3.05, 3.63) is 0 Å². The summed E-state index contributed by atoms with van der Waals surface area (Å²) in [6, 6.07) is 0. The number of rotatable bonds is 0. The fourth-order valence-electron chi connectivity index (χ4n) is 3.15. The van der Waals surface area contributed by atoms with Crippen molar-refractivity contribution >= 4 is 15.9 Å². The summed E-state index contributed by atoms with van der Waals surface area (Å²) in [5.41, 5.74) is -0.131. The van der Waals surface area contributed by atoms with Gasteiger partial charge in [0.2, 0.25) is 0 Å². The molecule has 1 atom stereocenters. The van der Waals surface area contributed by atoms with Crippen molar-refractivity contribution in [3.63, 3.8) is 0 Å². The molecule has 0 N–H and O–H groups in total. The van der Waals surface area contributed by atoms with Crippen molar-refractivity contribution in [2.75, 3.05) is 33.2 Å². The van der Waals surface area contributed by atoms with Gasteiger partial charge in [0.15, 0.2) is 5.79 Å². The Hall–Kier alpha value is 0.320. The molecule has 0 aromatic carbocycles. The summed E-state index contributed by atoms with van der Waals surface area (Å²) < 4.78 is 22.9. The van der Waals surface area contributed by atoms with E-state index in [1.807, 2.05) is 0 Å². The van der Waals surface area contributed by atoms with Gasteiger partial charge in [-0.1, -0.05) is 22.4 Å². The molecule has 1 unspecified atom stereocenters. The Kier molecular flexibility index (Phi) is 3.00. The van der Waals surface area contributed by atoms with E-state index < -0.39 is 5.79 Å². The predicted molar refractivity (Wildman–Crippen MR) is 60.4 cm³/mol. The van der Waals surface area contributed by atoms with Crippen LogP contribution in [-0.2, 0) is 18.9 Å². The molecular formula is C11H17BrO4. The number of alkyl halides is 1. The second-order valence-corrected chi connectivity index (χ2v) is 5.92. The van der Waals surface area contributed by atoms with Crippen LogP contribution in [0, 0.1) is 5.41 Å². The summed E-state index contributed by atoms with van der Waals surface area (Å²) in [5, 5.41) is 0. The van der Waals surface area contributed by atoms with Gasteiger partial charge in [-0.2, -0.15) is 0 Å². The first-order valence-corrected chi connectivity index (χ1v) is 6.78. The maximum Gasteiger partial charge on any atom is 0.191 e. The van der Waals surface area contributed by atoms with Crippen LogP contribution in [0.25, 0.3) is 0 Å². The first-order chi connectivity index (χ1) is 7.79. The van der Waals surface area contributed by atoms with Crippen molar-refractivity contribution in [2.24, 2.45) is 5.41 Å². The molecule has 92 valence electrons. The SMILES string of the molecule is BrC1CCCC2(COCOC2)C12OCCO2. The highest BCUT2D eigenvalue weighted by Crippen LogP contribution is 2.53. The fraction of sp³-hybridized carbons (Fsp3) is 1.00. The third-order valence-corrected chi connectivity index (χ3v) is 4.96. The second-order valence-electron chi connectivity index (χ2n) is 4.82. The molecule has 2 heterocycles. The van der Waals surface area contributed by atoms with E-state index in [0.29, 0.717) is 33.2 Å². The van der Waals surface area contributed by atoms with E-state index in [9.17, 15) is 0 Å². The van der Waals surface area contributed by atoms with E-state index in [-0.39, 0.29) is 10.2 Å². The summed E-state index contributed by atoms with van der Waals surface area (Å²) >= 11 is 3.72. The van der Waals surface area contributed by atoms with Gasteiger partial charge in [0.05, 0.1) is 36.7 Å². The first-order valence-electron chi connectivity index (χ1n) is 5.87. The van der Waals surface area contributed by atoms with Gasteiger partial charge >= 0.3 is 0 Å². The van der Waals surface area contributed by atoms with Crippen LogP contribution in [0.1, 0.15) is 19.3 Å². The highest BCUT2D eigenvalue weighted by Gasteiger charge is 2.62. The van der Waals surface area contributed by atoms with E-state index in [2.05, 4.69) is 15.9 Å². The zero-order valence-corrected chi connectivity index (χ0v) is 10.8. The summed E-state index contributed by atoms with van der Waals surface area (Å²) in [6.07, 6.45) is 3.30. The summed E-state index contributed by atoms with van der Waals surface area (Å²) in [7, 11) is 0. The average Bonchev–Trinajstić information content (AvgIpc) is 2.79. The molecule has 0 radical (unpaired) electrons. The molecule has 2 aliphatic heterocycles. The van der Waals surface area contributed by atoms with Crippen LogP contribution in [0.4, 0.5) is 0 Å². The van der Waals surface area contributed by atoms with E-state index in [4.69, 9.17) is 18.9 Å². The lowest BCUT2D eigenvalue weighted by Crippen LogP contribution is -2.63. The highest BCUT2D eigenvalue weighted by atomic mass is 79.9. The number of hydrogen-bond donors (Lipinski definition) is 0. The smallest absolute Gasteiger partial charge is 0.191 e. The second kappa shape index (κ2) is 4.21. The molecule has 3 rings (SSSR count). The summed E-state index contributed by atoms with van der Waals surface area (Å²) in [6.45, 7) is 3.09. The van der Waals surface area contributed by atoms with Crippen molar-refractivity contribution in [3.8, 4) is 0 Å². The molecule has 4 nitrogen and oxygen atoms in total. The topological polar surface area (TPSA) is 36.9 Å². The Morgan fingerprint density at radius 3 is 2.44 bits per heavy atom. The number of hydrogen-bond acceptors (Lipinski definition) is 4. The van der Waals surface area contributed by atoms with Crippen molar-refractivity contribution < 1.29 is 18.9 Å². The normalized spacial score (nSPS) is 36.9. The molecule has 0 aromatic rings. The molecule has 16 heavy (non-hydrogen) atoms. The van der Waals surface area contributed by atoms with E-state index in [0.717, 1.165) is 19.3 Å². The Morgan fingerprint density at radius 2 is 1.75 bits per heavy atom. The van der Waals surface area contributed by atoms with Gasteiger partial charge in [-0.05, 0) is 12.8 Å². The first kappa shape index (κ1) is 11.4. The number of fused-ring (bicyclic) bond motifs is 1. The maximum absolute atomic E-state index is 5.96. The molecule has 3 fully saturated rings.